The molecule has 1 aromatic heterocycles. The first-order chi connectivity index (χ1) is 15.3. The van der Waals surface area contributed by atoms with E-state index in [1.54, 1.807) is 0 Å². The minimum atomic E-state index is 0.516. The van der Waals surface area contributed by atoms with Gasteiger partial charge in [0.15, 0.2) is 0 Å². The van der Waals surface area contributed by atoms with Crippen molar-refractivity contribution < 1.29 is 0 Å². The van der Waals surface area contributed by atoms with Crippen LogP contribution in [0, 0.1) is 6.92 Å². The molecule has 2 aromatic carbocycles. The van der Waals surface area contributed by atoms with Crippen LogP contribution in [-0.2, 0) is 6.42 Å². The van der Waals surface area contributed by atoms with E-state index in [0.29, 0.717) is 6.04 Å². The Morgan fingerprint density at radius 1 is 1.06 bits per heavy atom. The van der Waals surface area contributed by atoms with Crippen LogP contribution in [0.4, 0.5) is 16.4 Å². The minimum Gasteiger partial charge on any atom is -0.353 e. The van der Waals surface area contributed by atoms with Crippen LogP contribution >= 0.6 is 11.3 Å². The highest BCUT2D eigenvalue weighted by atomic mass is 32.1. The summed E-state index contributed by atoms with van der Waals surface area (Å²) < 4.78 is 0. The maximum Gasteiger partial charge on any atom is 0.139 e. The topological polar surface area (TPSA) is 39.7 Å². The van der Waals surface area contributed by atoms with E-state index in [1.165, 1.54) is 46.7 Å². The van der Waals surface area contributed by atoms with Crippen molar-refractivity contribution in [1.82, 2.24) is 10.2 Å². The molecule has 2 aliphatic heterocycles. The Labute approximate surface area is 189 Å². The lowest BCUT2D eigenvalue weighted by molar-refractivity contribution is 0.278. The third-order valence-corrected chi connectivity index (χ3v) is 7.11. The molecular formula is C26H30N4S. The molecule has 160 valence electrons. The Morgan fingerprint density at radius 2 is 1.90 bits per heavy atom. The van der Waals surface area contributed by atoms with Gasteiger partial charge < -0.3 is 15.5 Å². The number of nitrogens with one attached hydrogen (secondary N) is 2. The first kappa shape index (κ1) is 20.3. The number of para-hydroxylation sites is 2. The number of piperazine rings is 1. The second-order valence-electron chi connectivity index (χ2n) is 8.51. The van der Waals surface area contributed by atoms with Gasteiger partial charge in [0.25, 0.3) is 0 Å². The average molecular weight is 431 g/mol. The fourth-order valence-electron chi connectivity index (χ4n) is 4.56. The van der Waals surface area contributed by atoms with Crippen LogP contribution in [0.15, 0.2) is 65.7 Å². The summed E-state index contributed by atoms with van der Waals surface area (Å²) in [7, 11) is 0. The largest absolute Gasteiger partial charge is 0.353 e. The normalized spacial score (nSPS) is 17.9. The third-order valence-electron chi connectivity index (χ3n) is 6.14. The summed E-state index contributed by atoms with van der Waals surface area (Å²) in [5, 5.41) is 8.57. The Kier molecular flexibility index (Phi) is 6.05. The summed E-state index contributed by atoms with van der Waals surface area (Å²) in [5.74, 6) is 1.12. The maximum atomic E-state index is 5.15. The number of benzene rings is 2. The molecule has 1 saturated heterocycles. The van der Waals surface area contributed by atoms with Crippen molar-refractivity contribution in [3.8, 4) is 0 Å². The van der Waals surface area contributed by atoms with Crippen LogP contribution in [0.25, 0.3) is 0 Å². The van der Waals surface area contributed by atoms with Gasteiger partial charge in [0.2, 0.25) is 0 Å². The van der Waals surface area contributed by atoms with Gasteiger partial charge in [0, 0.05) is 30.6 Å². The monoisotopic (exact) mass is 430 g/mol. The van der Waals surface area contributed by atoms with Gasteiger partial charge in [-0.1, -0.05) is 48.9 Å². The van der Waals surface area contributed by atoms with Crippen molar-refractivity contribution in [2.24, 2.45) is 4.99 Å². The number of nitrogens with zero attached hydrogens (tertiary/aromatic N) is 2. The first-order valence-electron chi connectivity index (χ1n) is 11.3. The van der Waals surface area contributed by atoms with Crippen molar-refractivity contribution in [2.45, 2.75) is 38.6 Å². The van der Waals surface area contributed by atoms with Crippen LogP contribution in [0.3, 0.4) is 0 Å². The molecule has 0 radical (unpaired) electrons. The van der Waals surface area contributed by atoms with Gasteiger partial charge in [0.05, 0.1) is 16.9 Å². The van der Waals surface area contributed by atoms with Gasteiger partial charge in [-0.3, -0.25) is 0 Å². The van der Waals surface area contributed by atoms with E-state index in [0.717, 1.165) is 36.8 Å². The molecular weight excluding hydrogens is 400 g/mol. The van der Waals surface area contributed by atoms with E-state index in [1.807, 2.05) is 11.3 Å². The second kappa shape index (κ2) is 9.25. The molecule has 4 nitrogen and oxygen atoms in total. The number of fused-ring (bicyclic) bond motifs is 2. The predicted octanol–water partition coefficient (Wildman–Crippen LogP) is 5.88. The number of rotatable bonds is 5. The van der Waals surface area contributed by atoms with Gasteiger partial charge in [0.1, 0.15) is 10.8 Å². The highest BCUT2D eigenvalue weighted by Crippen LogP contribution is 2.39. The van der Waals surface area contributed by atoms with Gasteiger partial charge >= 0.3 is 0 Å². The first-order valence-corrected chi connectivity index (χ1v) is 12.2. The molecule has 2 aliphatic rings. The fraction of sp³-hybridized carbons (Fsp3) is 0.346. The fourth-order valence-corrected chi connectivity index (χ4v) is 5.48. The smallest absolute Gasteiger partial charge is 0.139 e. The molecule has 0 spiro atoms. The van der Waals surface area contributed by atoms with E-state index in [9.17, 15) is 0 Å². The van der Waals surface area contributed by atoms with E-state index >= 15 is 0 Å². The van der Waals surface area contributed by atoms with Crippen molar-refractivity contribution >= 4 is 33.5 Å². The van der Waals surface area contributed by atoms with Crippen molar-refractivity contribution in [3.05, 3.63) is 76.7 Å². The van der Waals surface area contributed by atoms with E-state index in [4.69, 9.17) is 4.99 Å². The summed E-state index contributed by atoms with van der Waals surface area (Å²) in [6.07, 6.45) is 4.87. The summed E-state index contributed by atoms with van der Waals surface area (Å²) in [6, 6.07) is 22.0. The van der Waals surface area contributed by atoms with Crippen LogP contribution in [0.5, 0.6) is 0 Å². The van der Waals surface area contributed by atoms with Gasteiger partial charge in [-0.25, -0.2) is 4.99 Å². The SMILES string of the molecule is Cc1cc2c(s1)Nc1ccccc1N=C2N1CCN[C@@H](CCCCc2ccccc2)C1. The van der Waals surface area contributed by atoms with Gasteiger partial charge in [-0.15, -0.1) is 11.3 Å². The number of aryl methyl sites for hydroxylation is 2. The molecule has 2 N–H and O–H groups in total. The van der Waals surface area contributed by atoms with Crippen molar-refractivity contribution in [3.63, 3.8) is 0 Å². The maximum absolute atomic E-state index is 5.15. The lowest BCUT2D eigenvalue weighted by Gasteiger charge is -2.36. The van der Waals surface area contributed by atoms with E-state index < -0.39 is 0 Å². The summed E-state index contributed by atoms with van der Waals surface area (Å²) in [5.41, 5.74) is 4.80. The van der Waals surface area contributed by atoms with Crippen molar-refractivity contribution in [1.29, 1.82) is 0 Å². The molecule has 3 heterocycles. The summed E-state index contributed by atoms with van der Waals surface area (Å²) >= 11 is 1.82. The zero-order chi connectivity index (χ0) is 21.0. The Hall–Kier alpha value is -2.63. The standard InChI is InChI=1S/C26H30N4S/c1-19-17-22-25(28-23-13-7-8-14-24(23)29-26(22)31-19)30-16-15-27-21(18-30)12-6-5-11-20-9-3-2-4-10-20/h2-4,7-10,13-14,17,21,27,29H,5-6,11-12,15-16,18H2,1H3/t21-/m0/s1. The molecule has 1 fully saturated rings. The summed E-state index contributed by atoms with van der Waals surface area (Å²) in [4.78, 5) is 8.96. The van der Waals surface area contributed by atoms with Crippen molar-refractivity contribution in [2.75, 3.05) is 25.0 Å². The van der Waals surface area contributed by atoms with Crippen LogP contribution in [-0.4, -0.2) is 36.4 Å². The number of anilines is 2. The number of amidine groups is 1. The zero-order valence-electron chi connectivity index (χ0n) is 18.1. The zero-order valence-corrected chi connectivity index (χ0v) is 18.9. The number of unbranched alkanes of at least 4 members (excludes halogenated alkanes) is 1. The molecule has 31 heavy (non-hydrogen) atoms. The lowest BCUT2D eigenvalue weighted by Crippen LogP contribution is -2.52. The minimum absolute atomic E-state index is 0.516. The molecule has 0 unspecified atom stereocenters. The molecule has 3 aromatic rings. The lowest BCUT2D eigenvalue weighted by atomic mass is 10.0. The van der Waals surface area contributed by atoms with Crippen LogP contribution < -0.4 is 10.6 Å². The molecule has 0 bridgehead atoms. The average Bonchev–Trinajstić information content (AvgIpc) is 3.09. The predicted molar refractivity (Wildman–Crippen MR) is 132 cm³/mol. The highest BCUT2D eigenvalue weighted by molar-refractivity contribution is 7.16. The molecule has 0 saturated carbocycles. The summed E-state index contributed by atoms with van der Waals surface area (Å²) in [6.45, 7) is 5.20. The molecule has 5 heteroatoms. The Balaban J connectivity index is 1.28. The number of hydrogen-bond acceptors (Lipinski definition) is 5. The van der Waals surface area contributed by atoms with E-state index in [2.05, 4.69) is 83.1 Å². The molecule has 0 amide bonds. The molecule has 0 aliphatic carbocycles. The molecule has 5 rings (SSSR count). The number of aliphatic imine (C=N–C) groups is 1. The second-order valence-corrected chi connectivity index (χ2v) is 9.76. The van der Waals surface area contributed by atoms with Crippen LogP contribution in [0.2, 0.25) is 0 Å². The van der Waals surface area contributed by atoms with Crippen LogP contribution in [0.1, 0.15) is 35.3 Å². The quantitative estimate of drug-likeness (QED) is 0.497. The number of thiophene rings is 1. The Morgan fingerprint density at radius 3 is 2.81 bits per heavy atom. The Bertz CT molecular complexity index is 1060. The molecule has 1 atom stereocenters. The number of hydrogen-bond donors (Lipinski definition) is 2. The van der Waals surface area contributed by atoms with E-state index in [-0.39, 0.29) is 0 Å². The third kappa shape index (κ3) is 4.68. The highest BCUT2D eigenvalue weighted by Gasteiger charge is 2.27. The van der Waals surface area contributed by atoms with Gasteiger partial charge in [-0.2, -0.15) is 0 Å². The van der Waals surface area contributed by atoms with Gasteiger partial charge in [-0.05, 0) is 49.9 Å².